The molecule has 0 aliphatic rings. The summed E-state index contributed by atoms with van der Waals surface area (Å²) in [7, 11) is 6.22. The van der Waals surface area contributed by atoms with Crippen molar-refractivity contribution in [3.05, 3.63) is 53.6 Å². The number of carbonyl (C=O) groups is 1. The van der Waals surface area contributed by atoms with E-state index in [9.17, 15) is 4.79 Å². The highest BCUT2D eigenvalue weighted by Gasteiger charge is 2.11. The monoisotopic (exact) mass is 328 g/mol. The van der Waals surface area contributed by atoms with Crippen molar-refractivity contribution in [3.63, 3.8) is 0 Å². The van der Waals surface area contributed by atoms with Gasteiger partial charge in [-0.15, -0.1) is 0 Å². The second-order valence-electron chi connectivity index (χ2n) is 4.88. The molecule has 2 aromatic carbocycles. The molecule has 0 fully saturated rings. The normalized spacial score (nSPS) is 10.5. The minimum atomic E-state index is -0.163. The van der Waals surface area contributed by atoms with Crippen molar-refractivity contribution < 1.29 is 23.7 Å². The third kappa shape index (κ3) is 3.87. The molecule has 0 saturated carbocycles. The van der Waals surface area contributed by atoms with Crippen LogP contribution in [-0.4, -0.2) is 34.2 Å². The van der Waals surface area contributed by atoms with E-state index in [-0.39, 0.29) is 5.78 Å². The molecule has 5 heteroatoms. The van der Waals surface area contributed by atoms with Crippen molar-refractivity contribution in [3.8, 4) is 23.0 Å². The number of methoxy groups -OCH3 is 4. The zero-order chi connectivity index (χ0) is 17.5. The van der Waals surface area contributed by atoms with E-state index in [1.54, 1.807) is 57.7 Å². The van der Waals surface area contributed by atoms with Crippen LogP contribution in [0.1, 0.15) is 15.9 Å². The average molecular weight is 328 g/mol. The number of ether oxygens (including phenoxy) is 4. The van der Waals surface area contributed by atoms with Crippen molar-refractivity contribution in [2.45, 2.75) is 0 Å². The van der Waals surface area contributed by atoms with Gasteiger partial charge in [0.05, 0.1) is 34.0 Å². The first-order chi connectivity index (χ1) is 11.6. The summed E-state index contributed by atoms with van der Waals surface area (Å²) in [6, 6.07) is 10.5. The van der Waals surface area contributed by atoms with E-state index in [1.807, 2.05) is 6.07 Å². The van der Waals surface area contributed by atoms with Gasteiger partial charge in [-0.1, -0.05) is 12.1 Å². The lowest BCUT2D eigenvalue weighted by Gasteiger charge is -2.08. The highest BCUT2D eigenvalue weighted by molar-refractivity contribution is 6.08. The van der Waals surface area contributed by atoms with Crippen LogP contribution in [0.15, 0.2) is 42.5 Å². The van der Waals surface area contributed by atoms with Gasteiger partial charge in [0.25, 0.3) is 0 Å². The van der Waals surface area contributed by atoms with Gasteiger partial charge >= 0.3 is 0 Å². The minimum Gasteiger partial charge on any atom is -0.497 e. The van der Waals surface area contributed by atoms with Gasteiger partial charge in [0.15, 0.2) is 17.3 Å². The largest absolute Gasteiger partial charge is 0.497 e. The lowest BCUT2D eigenvalue weighted by Crippen LogP contribution is -1.99. The van der Waals surface area contributed by atoms with Crippen LogP contribution in [0.5, 0.6) is 23.0 Å². The number of rotatable bonds is 7. The Morgan fingerprint density at radius 2 is 1.50 bits per heavy atom. The smallest absolute Gasteiger partial charge is 0.189 e. The maximum atomic E-state index is 12.4. The van der Waals surface area contributed by atoms with Crippen molar-refractivity contribution >= 4 is 11.9 Å². The lowest BCUT2D eigenvalue weighted by atomic mass is 10.1. The molecule has 0 heterocycles. The maximum Gasteiger partial charge on any atom is 0.189 e. The predicted molar refractivity (Wildman–Crippen MR) is 92.5 cm³/mol. The SMILES string of the molecule is COc1ccc(C(=O)C=Cc2ccc(OC)c(OC)c2)c(OC)c1. The van der Waals surface area contributed by atoms with E-state index in [0.717, 1.165) is 5.56 Å². The highest BCUT2D eigenvalue weighted by atomic mass is 16.5. The van der Waals surface area contributed by atoms with Crippen molar-refractivity contribution in [1.29, 1.82) is 0 Å². The molecule has 24 heavy (non-hydrogen) atoms. The first kappa shape index (κ1) is 17.4. The molecular weight excluding hydrogens is 308 g/mol. The Morgan fingerprint density at radius 3 is 2.12 bits per heavy atom. The Balaban J connectivity index is 2.24. The molecule has 0 N–H and O–H groups in total. The molecule has 0 radical (unpaired) electrons. The fraction of sp³-hybridized carbons (Fsp3) is 0.211. The van der Waals surface area contributed by atoms with Crippen LogP contribution in [-0.2, 0) is 0 Å². The summed E-state index contributed by atoms with van der Waals surface area (Å²) in [5.74, 6) is 2.18. The number of allylic oxidation sites excluding steroid dienone is 1. The van der Waals surface area contributed by atoms with Crippen LogP contribution < -0.4 is 18.9 Å². The number of benzene rings is 2. The molecule has 2 rings (SSSR count). The Hall–Kier alpha value is -2.95. The van der Waals surface area contributed by atoms with Crippen LogP contribution in [0.4, 0.5) is 0 Å². The zero-order valence-electron chi connectivity index (χ0n) is 14.2. The first-order valence-electron chi connectivity index (χ1n) is 7.29. The second-order valence-corrected chi connectivity index (χ2v) is 4.88. The van der Waals surface area contributed by atoms with E-state index in [0.29, 0.717) is 28.6 Å². The van der Waals surface area contributed by atoms with Crippen molar-refractivity contribution in [1.82, 2.24) is 0 Å². The number of carbonyl (C=O) groups excluding carboxylic acids is 1. The molecule has 0 saturated heterocycles. The molecule has 0 aliphatic carbocycles. The third-order valence-corrected chi connectivity index (χ3v) is 3.51. The Bertz CT molecular complexity index is 749. The quantitative estimate of drug-likeness (QED) is 0.574. The summed E-state index contributed by atoms with van der Waals surface area (Å²) >= 11 is 0. The molecule has 5 nitrogen and oxygen atoms in total. The Kier molecular flexibility index (Phi) is 5.84. The van der Waals surface area contributed by atoms with Gasteiger partial charge in [0, 0.05) is 6.07 Å². The molecule has 0 atom stereocenters. The van der Waals surface area contributed by atoms with E-state index in [1.165, 1.54) is 13.2 Å². The average Bonchev–Trinajstić information content (AvgIpc) is 2.65. The first-order valence-corrected chi connectivity index (χ1v) is 7.29. The number of hydrogen-bond acceptors (Lipinski definition) is 5. The fourth-order valence-corrected chi connectivity index (χ4v) is 2.22. The van der Waals surface area contributed by atoms with Crippen LogP contribution in [0, 0.1) is 0 Å². The Labute approximate surface area is 141 Å². The van der Waals surface area contributed by atoms with Gasteiger partial charge in [-0.05, 0) is 35.9 Å². The van der Waals surface area contributed by atoms with Crippen LogP contribution in [0.2, 0.25) is 0 Å². The second kappa shape index (κ2) is 8.06. The third-order valence-electron chi connectivity index (χ3n) is 3.51. The van der Waals surface area contributed by atoms with Gasteiger partial charge in [0.2, 0.25) is 0 Å². The van der Waals surface area contributed by atoms with Crippen LogP contribution in [0.25, 0.3) is 6.08 Å². The maximum absolute atomic E-state index is 12.4. The minimum absolute atomic E-state index is 0.163. The summed E-state index contributed by atoms with van der Waals surface area (Å²) in [4.78, 5) is 12.4. The zero-order valence-corrected chi connectivity index (χ0v) is 14.2. The summed E-state index contributed by atoms with van der Waals surface area (Å²) in [5, 5.41) is 0. The molecule has 0 bridgehead atoms. The molecule has 2 aromatic rings. The molecule has 126 valence electrons. The van der Waals surface area contributed by atoms with Gasteiger partial charge in [0.1, 0.15) is 11.5 Å². The number of ketones is 1. The molecule has 0 amide bonds. The van der Waals surface area contributed by atoms with Crippen molar-refractivity contribution in [2.24, 2.45) is 0 Å². The van der Waals surface area contributed by atoms with E-state index in [4.69, 9.17) is 18.9 Å². The predicted octanol–water partition coefficient (Wildman–Crippen LogP) is 3.62. The fourth-order valence-electron chi connectivity index (χ4n) is 2.22. The van der Waals surface area contributed by atoms with E-state index in [2.05, 4.69) is 0 Å². The highest BCUT2D eigenvalue weighted by Crippen LogP contribution is 2.28. The van der Waals surface area contributed by atoms with E-state index >= 15 is 0 Å². The van der Waals surface area contributed by atoms with Crippen LogP contribution >= 0.6 is 0 Å². The standard InChI is InChI=1S/C19H20O5/c1-21-14-7-8-15(18(12-14)23-3)16(20)9-5-13-6-10-17(22-2)19(11-13)24-4/h5-12H,1-4H3. The van der Waals surface area contributed by atoms with Gasteiger partial charge in [-0.25, -0.2) is 0 Å². The summed E-state index contributed by atoms with van der Waals surface area (Å²) in [5.41, 5.74) is 1.29. The molecule has 0 unspecified atom stereocenters. The molecule has 0 aliphatic heterocycles. The molecule has 0 spiro atoms. The lowest BCUT2D eigenvalue weighted by molar-refractivity contribution is 0.104. The summed E-state index contributed by atoms with van der Waals surface area (Å²) in [6.45, 7) is 0. The van der Waals surface area contributed by atoms with Gasteiger partial charge < -0.3 is 18.9 Å². The summed E-state index contributed by atoms with van der Waals surface area (Å²) in [6.07, 6.45) is 3.21. The Morgan fingerprint density at radius 1 is 0.792 bits per heavy atom. The molecule has 0 aromatic heterocycles. The molecular formula is C19H20O5. The number of hydrogen-bond donors (Lipinski definition) is 0. The van der Waals surface area contributed by atoms with Gasteiger partial charge in [-0.3, -0.25) is 4.79 Å². The van der Waals surface area contributed by atoms with E-state index < -0.39 is 0 Å². The topological polar surface area (TPSA) is 54.0 Å². The summed E-state index contributed by atoms with van der Waals surface area (Å²) < 4.78 is 20.8. The van der Waals surface area contributed by atoms with Crippen LogP contribution in [0.3, 0.4) is 0 Å². The van der Waals surface area contributed by atoms with Crippen molar-refractivity contribution in [2.75, 3.05) is 28.4 Å². The van der Waals surface area contributed by atoms with Gasteiger partial charge in [-0.2, -0.15) is 0 Å².